The van der Waals surface area contributed by atoms with E-state index < -0.39 is 0 Å². The van der Waals surface area contributed by atoms with Gasteiger partial charge in [-0.25, -0.2) is 0 Å². The van der Waals surface area contributed by atoms with Crippen LogP contribution in [0.15, 0.2) is 0 Å². The molecule has 0 spiro atoms. The number of unbranched alkanes of at least 4 members (excludes halogenated alkanes) is 7. The van der Waals surface area contributed by atoms with Crippen LogP contribution >= 0.6 is 0 Å². The predicted octanol–water partition coefficient (Wildman–Crippen LogP) is 3.71. The molecule has 0 saturated heterocycles. The van der Waals surface area contributed by atoms with Gasteiger partial charge in [0, 0.05) is 0 Å². The van der Waals surface area contributed by atoms with Crippen LogP contribution in [0.3, 0.4) is 0 Å². The Bertz CT molecular complexity index is 53.9. The first kappa shape index (κ1) is 11.8. The molecule has 1 heteroatoms. The molecule has 0 fully saturated rings. The first-order valence-corrected chi connectivity index (χ1v) is 6.64. The molecule has 0 aliphatic heterocycles. The molecular formula is C10H21Te. The predicted molar refractivity (Wildman–Crippen MR) is 53.2 cm³/mol. The van der Waals surface area contributed by atoms with E-state index in [-0.39, 0.29) is 0 Å². The third-order valence-electron chi connectivity index (χ3n) is 2.00. The van der Waals surface area contributed by atoms with Crippen molar-refractivity contribution in [1.82, 2.24) is 0 Å². The summed E-state index contributed by atoms with van der Waals surface area (Å²) in [5, 5.41) is 0. The van der Waals surface area contributed by atoms with Crippen molar-refractivity contribution in [3.8, 4) is 0 Å². The molecule has 67 valence electrons. The molecule has 0 saturated carbocycles. The fraction of sp³-hybridized carbons (Fsp3) is 1.00. The Balaban J connectivity index is 2.69. The Labute approximate surface area is 85.0 Å². The first-order chi connectivity index (χ1) is 5.41. The molecule has 0 heterocycles. The fourth-order valence-electron chi connectivity index (χ4n) is 1.24. The van der Waals surface area contributed by atoms with E-state index in [1.54, 1.807) is 0 Å². The van der Waals surface area contributed by atoms with E-state index in [2.05, 4.69) is 29.2 Å². The van der Waals surface area contributed by atoms with Crippen LogP contribution in [-0.2, 0) is 0 Å². The van der Waals surface area contributed by atoms with E-state index in [4.69, 9.17) is 0 Å². The Morgan fingerprint density at radius 2 is 1.18 bits per heavy atom. The molecule has 1 radical (unpaired) electrons. The monoisotopic (exact) mass is 271 g/mol. The van der Waals surface area contributed by atoms with Crippen molar-refractivity contribution in [1.29, 1.82) is 0 Å². The van der Waals surface area contributed by atoms with Crippen molar-refractivity contribution in [3.63, 3.8) is 0 Å². The molecule has 0 unspecified atom stereocenters. The normalized spacial score (nSPS) is 10.4. The molecule has 0 aromatic rings. The number of rotatable bonds is 8. The molecular weight excluding hydrogens is 248 g/mol. The Morgan fingerprint density at radius 3 is 1.64 bits per heavy atom. The quantitative estimate of drug-likeness (QED) is 0.465. The molecule has 0 atom stereocenters. The Morgan fingerprint density at radius 1 is 0.727 bits per heavy atom. The van der Waals surface area contributed by atoms with Crippen LogP contribution in [0.25, 0.3) is 0 Å². The van der Waals surface area contributed by atoms with E-state index in [1.807, 2.05) is 0 Å². The van der Waals surface area contributed by atoms with E-state index in [9.17, 15) is 0 Å². The summed E-state index contributed by atoms with van der Waals surface area (Å²) in [4.78, 5) is 0. The third-order valence-corrected chi connectivity index (χ3v) is 2.82. The summed E-state index contributed by atoms with van der Waals surface area (Å²) in [6.45, 7) is 2.28. The average Bonchev–Trinajstić information content (AvgIpc) is 2.03. The zero-order chi connectivity index (χ0) is 8.36. The van der Waals surface area contributed by atoms with Crippen LogP contribution in [0.2, 0.25) is 4.47 Å². The maximum atomic E-state index is 2.28. The average molecular weight is 269 g/mol. The van der Waals surface area contributed by atoms with Crippen molar-refractivity contribution < 1.29 is 0 Å². The van der Waals surface area contributed by atoms with Crippen LogP contribution in [0.1, 0.15) is 58.3 Å². The molecule has 0 bridgehead atoms. The minimum atomic E-state index is 1.37. The summed E-state index contributed by atoms with van der Waals surface area (Å²) in [5.41, 5.74) is 0. The summed E-state index contributed by atoms with van der Waals surface area (Å²) in [6.07, 6.45) is 11.6. The van der Waals surface area contributed by atoms with Gasteiger partial charge in [0.1, 0.15) is 0 Å². The van der Waals surface area contributed by atoms with Gasteiger partial charge in [0.05, 0.1) is 0 Å². The molecule has 0 aliphatic carbocycles. The summed E-state index contributed by atoms with van der Waals surface area (Å²) in [7, 11) is 0. The molecule has 0 nitrogen and oxygen atoms in total. The second kappa shape index (κ2) is 10.8. The Kier molecular flexibility index (Phi) is 11.6. The first-order valence-electron chi connectivity index (χ1n) is 5.00. The molecule has 0 amide bonds. The molecule has 0 rings (SSSR count). The van der Waals surface area contributed by atoms with Crippen molar-refractivity contribution in [2.45, 2.75) is 62.8 Å². The van der Waals surface area contributed by atoms with Crippen molar-refractivity contribution in [2.24, 2.45) is 0 Å². The number of hydrogen-bond donors (Lipinski definition) is 0. The van der Waals surface area contributed by atoms with Gasteiger partial charge < -0.3 is 0 Å². The molecule has 11 heavy (non-hydrogen) atoms. The van der Waals surface area contributed by atoms with Crippen molar-refractivity contribution in [2.75, 3.05) is 0 Å². The van der Waals surface area contributed by atoms with Crippen molar-refractivity contribution in [3.05, 3.63) is 0 Å². The zero-order valence-electron chi connectivity index (χ0n) is 7.77. The Hall–Kier alpha value is 0.790. The number of hydrogen-bond acceptors (Lipinski definition) is 0. The topological polar surface area (TPSA) is 0 Å². The second-order valence-corrected chi connectivity index (χ2v) is 4.34. The van der Waals surface area contributed by atoms with Gasteiger partial charge in [-0.15, -0.1) is 0 Å². The van der Waals surface area contributed by atoms with Crippen LogP contribution < -0.4 is 0 Å². The van der Waals surface area contributed by atoms with Gasteiger partial charge in [0.25, 0.3) is 0 Å². The van der Waals surface area contributed by atoms with Gasteiger partial charge >= 0.3 is 85.1 Å². The standard InChI is InChI=1S/C10H21Te/c1-2-3-4-5-6-7-8-9-10-11/h2-10H2,1H3. The van der Waals surface area contributed by atoms with Crippen LogP contribution in [0.5, 0.6) is 0 Å². The van der Waals surface area contributed by atoms with Gasteiger partial charge in [0.2, 0.25) is 0 Å². The summed E-state index contributed by atoms with van der Waals surface area (Å²) in [5.74, 6) is 0. The molecule has 0 N–H and O–H groups in total. The third kappa shape index (κ3) is 10.8. The molecule has 0 aromatic heterocycles. The van der Waals surface area contributed by atoms with Crippen LogP contribution in [0.4, 0.5) is 0 Å². The summed E-state index contributed by atoms with van der Waals surface area (Å²) < 4.78 is 1.38. The van der Waals surface area contributed by atoms with Crippen LogP contribution in [-0.4, -0.2) is 22.3 Å². The zero-order valence-corrected chi connectivity index (χ0v) is 10.1. The van der Waals surface area contributed by atoms with E-state index >= 15 is 0 Å². The van der Waals surface area contributed by atoms with Gasteiger partial charge in [-0.05, 0) is 0 Å². The van der Waals surface area contributed by atoms with Gasteiger partial charge in [-0.2, -0.15) is 0 Å². The van der Waals surface area contributed by atoms with E-state index in [1.165, 1.54) is 55.8 Å². The minimum absolute atomic E-state index is 1.37. The maximum absolute atomic E-state index is 2.28. The summed E-state index contributed by atoms with van der Waals surface area (Å²) in [6, 6.07) is 0. The van der Waals surface area contributed by atoms with Gasteiger partial charge in [-0.1, -0.05) is 0 Å². The van der Waals surface area contributed by atoms with Gasteiger partial charge in [0.15, 0.2) is 0 Å². The van der Waals surface area contributed by atoms with E-state index in [0.29, 0.717) is 0 Å². The molecule has 0 aromatic carbocycles. The van der Waals surface area contributed by atoms with Gasteiger partial charge in [-0.3, -0.25) is 0 Å². The van der Waals surface area contributed by atoms with Crippen molar-refractivity contribution >= 4 is 22.3 Å². The SMILES string of the molecule is CCCCCCCCCC[Te]. The second-order valence-electron chi connectivity index (χ2n) is 3.18. The fourth-order valence-corrected chi connectivity index (χ4v) is 1.82. The van der Waals surface area contributed by atoms with E-state index in [0.717, 1.165) is 0 Å². The van der Waals surface area contributed by atoms with Crippen LogP contribution in [0, 0.1) is 0 Å². The molecule has 0 aliphatic rings. The summed E-state index contributed by atoms with van der Waals surface area (Å²) >= 11 is 2.21.